The van der Waals surface area contributed by atoms with Crippen molar-refractivity contribution in [2.24, 2.45) is 5.92 Å². The van der Waals surface area contributed by atoms with Gasteiger partial charge in [-0.1, -0.05) is 0 Å². The lowest BCUT2D eigenvalue weighted by atomic mass is 9.95. The first-order valence-electron chi connectivity index (χ1n) is 9.60. The van der Waals surface area contributed by atoms with Gasteiger partial charge < -0.3 is 9.80 Å². The Morgan fingerprint density at radius 2 is 1.89 bits per heavy atom. The number of nitrogens with zero attached hydrogens (tertiary/aromatic N) is 4. The molecule has 0 aromatic carbocycles. The number of hydrogen-bond acceptors (Lipinski definition) is 4. The Labute approximate surface area is 158 Å². The summed E-state index contributed by atoms with van der Waals surface area (Å²) < 4.78 is 0. The molecule has 0 spiro atoms. The van der Waals surface area contributed by atoms with Crippen molar-refractivity contribution in [1.82, 2.24) is 25.0 Å². The maximum Gasteiger partial charge on any atom is 0.253 e. The van der Waals surface area contributed by atoms with Crippen molar-refractivity contribution in [3.8, 4) is 0 Å². The topological polar surface area (TPSA) is 82.2 Å². The van der Waals surface area contributed by atoms with E-state index in [4.69, 9.17) is 0 Å². The van der Waals surface area contributed by atoms with Crippen LogP contribution in [0.25, 0.3) is 0 Å². The van der Waals surface area contributed by atoms with E-state index < -0.39 is 0 Å². The smallest absolute Gasteiger partial charge is 0.253 e. The van der Waals surface area contributed by atoms with Gasteiger partial charge in [0, 0.05) is 49.9 Å². The molecule has 27 heavy (non-hydrogen) atoms. The first-order chi connectivity index (χ1) is 13.1. The quantitative estimate of drug-likeness (QED) is 0.878. The molecule has 1 saturated carbocycles. The molecule has 1 aliphatic heterocycles. The van der Waals surface area contributed by atoms with Crippen LogP contribution in [0.5, 0.6) is 0 Å². The molecule has 4 rings (SSSR count). The zero-order chi connectivity index (χ0) is 18.8. The third-order valence-corrected chi connectivity index (χ3v) is 5.49. The molecule has 3 heterocycles. The van der Waals surface area contributed by atoms with Crippen LogP contribution in [0.2, 0.25) is 0 Å². The molecule has 2 aromatic heterocycles. The fourth-order valence-corrected chi connectivity index (χ4v) is 3.70. The van der Waals surface area contributed by atoms with Crippen LogP contribution < -0.4 is 0 Å². The van der Waals surface area contributed by atoms with Crippen molar-refractivity contribution < 1.29 is 9.59 Å². The standard InChI is InChI=1S/C20H25N5O2/c1-24(13-17-12-18(23-22-17)14-2-3-14)19(26)16-6-10-25(11-7-16)20(27)15-4-8-21-9-5-15/h4-5,8-9,12,14,16H,2-3,6-7,10-11,13H2,1H3,(H,22,23). The summed E-state index contributed by atoms with van der Waals surface area (Å²) in [4.78, 5) is 32.8. The van der Waals surface area contributed by atoms with E-state index in [2.05, 4.69) is 21.2 Å². The molecule has 2 aromatic rings. The van der Waals surface area contributed by atoms with E-state index in [1.54, 1.807) is 29.4 Å². The van der Waals surface area contributed by atoms with Gasteiger partial charge in [0.15, 0.2) is 0 Å². The Kier molecular flexibility index (Phi) is 4.92. The van der Waals surface area contributed by atoms with Crippen LogP contribution in [-0.2, 0) is 11.3 Å². The summed E-state index contributed by atoms with van der Waals surface area (Å²) in [5, 5.41) is 7.40. The number of H-pyrrole nitrogens is 1. The molecule has 7 nitrogen and oxygen atoms in total. The van der Waals surface area contributed by atoms with E-state index in [1.165, 1.54) is 12.8 Å². The van der Waals surface area contributed by atoms with E-state index in [9.17, 15) is 9.59 Å². The molecular weight excluding hydrogens is 342 g/mol. The summed E-state index contributed by atoms with van der Waals surface area (Å²) in [7, 11) is 1.84. The molecule has 1 saturated heterocycles. The van der Waals surface area contributed by atoms with Crippen molar-refractivity contribution in [3.63, 3.8) is 0 Å². The van der Waals surface area contributed by atoms with Gasteiger partial charge in [0.05, 0.1) is 17.9 Å². The molecule has 2 fully saturated rings. The highest BCUT2D eigenvalue weighted by Gasteiger charge is 2.30. The molecule has 0 unspecified atom stereocenters. The number of likely N-dealkylation sites (tertiary alicyclic amines) is 1. The van der Waals surface area contributed by atoms with E-state index in [0.717, 1.165) is 11.4 Å². The first kappa shape index (κ1) is 17.7. The van der Waals surface area contributed by atoms with Crippen LogP contribution >= 0.6 is 0 Å². The minimum atomic E-state index is -0.0256. The molecule has 2 aliphatic rings. The van der Waals surface area contributed by atoms with Crippen LogP contribution in [-0.4, -0.2) is 56.9 Å². The number of hydrogen-bond donors (Lipinski definition) is 1. The molecule has 142 valence electrons. The lowest BCUT2D eigenvalue weighted by molar-refractivity contribution is -0.136. The number of piperidine rings is 1. The molecule has 0 atom stereocenters. The van der Waals surface area contributed by atoms with Crippen LogP contribution in [0.15, 0.2) is 30.6 Å². The average Bonchev–Trinajstić information content (AvgIpc) is 3.47. The summed E-state index contributed by atoms with van der Waals surface area (Å²) in [5.74, 6) is 0.746. The van der Waals surface area contributed by atoms with Crippen molar-refractivity contribution >= 4 is 11.8 Å². The Bertz CT molecular complexity index is 807. The molecule has 1 aliphatic carbocycles. The Morgan fingerprint density at radius 3 is 2.56 bits per heavy atom. The average molecular weight is 367 g/mol. The zero-order valence-electron chi connectivity index (χ0n) is 15.6. The number of amides is 2. The normalized spacial score (nSPS) is 17.7. The zero-order valence-corrected chi connectivity index (χ0v) is 15.6. The lowest BCUT2D eigenvalue weighted by Gasteiger charge is -2.33. The predicted octanol–water partition coefficient (Wildman–Crippen LogP) is 2.19. The molecule has 0 radical (unpaired) electrons. The van der Waals surface area contributed by atoms with Crippen molar-refractivity contribution in [3.05, 3.63) is 47.5 Å². The first-order valence-corrected chi connectivity index (χ1v) is 9.60. The highest BCUT2D eigenvalue weighted by atomic mass is 16.2. The highest BCUT2D eigenvalue weighted by molar-refractivity contribution is 5.94. The number of rotatable bonds is 5. The third kappa shape index (κ3) is 4.02. The minimum Gasteiger partial charge on any atom is -0.340 e. The van der Waals surface area contributed by atoms with E-state index in [-0.39, 0.29) is 17.7 Å². The van der Waals surface area contributed by atoms with Gasteiger partial charge in [-0.05, 0) is 43.9 Å². The van der Waals surface area contributed by atoms with E-state index in [0.29, 0.717) is 44.0 Å². The Morgan fingerprint density at radius 1 is 1.19 bits per heavy atom. The molecule has 2 amide bonds. The van der Waals surface area contributed by atoms with Gasteiger partial charge in [-0.3, -0.25) is 19.7 Å². The second-order valence-electron chi connectivity index (χ2n) is 7.59. The number of aromatic amines is 1. The van der Waals surface area contributed by atoms with E-state index in [1.807, 2.05) is 11.9 Å². The lowest BCUT2D eigenvalue weighted by Crippen LogP contribution is -2.43. The maximum atomic E-state index is 12.8. The summed E-state index contributed by atoms with van der Waals surface area (Å²) in [6.45, 7) is 1.78. The molecule has 7 heteroatoms. The Balaban J connectivity index is 1.29. The van der Waals surface area contributed by atoms with Gasteiger partial charge >= 0.3 is 0 Å². The number of nitrogens with one attached hydrogen (secondary N) is 1. The van der Waals surface area contributed by atoms with Crippen molar-refractivity contribution in [1.29, 1.82) is 0 Å². The number of carbonyl (C=O) groups excluding carboxylic acids is 2. The van der Waals surface area contributed by atoms with Crippen LogP contribution in [0.1, 0.15) is 53.3 Å². The third-order valence-electron chi connectivity index (χ3n) is 5.49. The highest BCUT2D eigenvalue weighted by Crippen LogP contribution is 2.39. The second-order valence-corrected chi connectivity index (χ2v) is 7.59. The molecular formula is C20H25N5O2. The van der Waals surface area contributed by atoms with Gasteiger partial charge in [0.2, 0.25) is 5.91 Å². The molecule has 1 N–H and O–H groups in total. The molecule has 0 bridgehead atoms. The fraction of sp³-hybridized carbons (Fsp3) is 0.500. The Hall–Kier alpha value is -2.70. The van der Waals surface area contributed by atoms with E-state index >= 15 is 0 Å². The van der Waals surface area contributed by atoms with Gasteiger partial charge in [-0.25, -0.2) is 0 Å². The van der Waals surface area contributed by atoms with Crippen LogP contribution in [0.4, 0.5) is 0 Å². The number of pyridine rings is 1. The SMILES string of the molecule is CN(Cc1cc(C2CC2)n[nH]1)C(=O)C1CCN(C(=O)c2ccncc2)CC1. The van der Waals surface area contributed by atoms with Crippen LogP contribution in [0.3, 0.4) is 0 Å². The maximum absolute atomic E-state index is 12.8. The summed E-state index contributed by atoms with van der Waals surface area (Å²) in [6, 6.07) is 5.54. The summed E-state index contributed by atoms with van der Waals surface area (Å²) in [5.41, 5.74) is 2.75. The summed E-state index contributed by atoms with van der Waals surface area (Å²) >= 11 is 0. The van der Waals surface area contributed by atoms with Gasteiger partial charge in [-0.15, -0.1) is 0 Å². The minimum absolute atomic E-state index is 0.0155. The monoisotopic (exact) mass is 367 g/mol. The second kappa shape index (κ2) is 7.50. The van der Waals surface area contributed by atoms with Crippen LogP contribution in [0, 0.1) is 5.92 Å². The van der Waals surface area contributed by atoms with Gasteiger partial charge in [0.25, 0.3) is 5.91 Å². The largest absolute Gasteiger partial charge is 0.340 e. The number of carbonyl (C=O) groups is 2. The van der Waals surface area contributed by atoms with Gasteiger partial charge in [-0.2, -0.15) is 5.10 Å². The summed E-state index contributed by atoms with van der Waals surface area (Å²) in [6.07, 6.45) is 7.10. The van der Waals surface area contributed by atoms with Gasteiger partial charge in [0.1, 0.15) is 0 Å². The fourth-order valence-electron chi connectivity index (χ4n) is 3.70. The van der Waals surface area contributed by atoms with Crippen molar-refractivity contribution in [2.75, 3.05) is 20.1 Å². The van der Waals surface area contributed by atoms with Crippen molar-refractivity contribution in [2.45, 2.75) is 38.1 Å². The predicted molar refractivity (Wildman–Crippen MR) is 99.9 cm³/mol. The number of aromatic nitrogens is 3.